The molecule has 2 aromatic rings. The van der Waals surface area contributed by atoms with Crippen molar-refractivity contribution in [1.82, 2.24) is 4.98 Å². The number of rotatable bonds is 4. The molecule has 0 atom stereocenters. The number of pyridine rings is 1. The molecule has 29 heavy (non-hydrogen) atoms. The monoisotopic (exact) mass is 389 g/mol. The van der Waals surface area contributed by atoms with Gasteiger partial charge < -0.3 is 14.9 Å². The van der Waals surface area contributed by atoms with Crippen molar-refractivity contribution in [1.29, 1.82) is 0 Å². The zero-order chi connectivity index (χ0) is 20.9. The number of aliphatic carboxylic acids is 1. The molecule has 2 aliphatic rings. The van der Waals surface area contributed by atoms with Crippen molar-refractivity contribution < 1.29 is 14.7 Å². The largest absolute Gasteiger partial charge is 0.478 e. The number of aryl methyl sites for hydroxylation is 1. The highest BCUT2D eigenvalue weighted by Crippen LogP contribution is 2.46. The number of carboxylic acids is 1. The molecule has 1 aliphatic carbocycles. The molecule has 1 fully saturated rings. The maximum atomic E-state index is 11.7. The summed E-state index contributed by atoms with van der Waals surface area (Å²) < 4.78 is 0. The molecule has 1 saturated carbocycles. The molecule has 0 radical (unpaired) electrons. The van der Waals surface area contributed by atoms with Crippen LogP contribution in [0.1, 0.15) is 29.5 Å². The highest BCUT2D eigenvalue weighted by Gasteiger charge is 2.37. The van der Waals surface area contributed by atoms with Crippen molar-refractivity contribution >= 4 is 29.0 Å². The zero-order valence-electron chi connectivity index (χ0n) is 17.0. The Hall–Kier alpha value is -3.37. The molecule has 1 aromatic heterocycles. The smallest absolute Gasteiger partial charge is 0.338 e. The van der Waals surface area contributed by atoms with E-state index in [2.05, 4.69) is 11.1 Å². The maximum Gasteiger partial charge on any atom is 0.338 e. The first kappa shape index (κ1) is 19.0. The van der Waals surface area contributed by atoms with Crippen LogP contribution in [0.5, 0.6) is 0 Å². The second kappa shape index (κ2) is 6.90. The molecule has 2 heterocycles. The lowest BCUT2D eigenvalue weighted by molar-refractivity contribution is -0.132. The highest BCUT2D eigenvalue weighted by molar-refractivity contribution is 6.16. The first-order valence-corrected chi connectivity index (χ1v) is 9.60. The maximum absolute atomic E-state index is 11.7. The fourth-order valence-corrected chi connectivity index (χ4v) is 4.06. The molecule has 0 spiro atoms. The molecule has 0 saturated heterocycles. The predicted molar refractivity (Wildman–Crippen MR) is 114 cm³/mol. The minimum atomic E-state index is -1.11. The van der Waals surface area contributed by atoms with Crippen LogP contribution in [0.25, 0.3) is 16.7 Å². The summed E-state index contributed by atoms with van der Waals surface area (Å²) in [7, 11) is 3.93. The summed E-state index contributed by atoms with van der Waals surface area (Å²) in [5.74, 6) is 1.67. The number of carbonyl (C=O) groups excluding carboxylic acids is 1. The summed E-state index contributed by atoms with van der Waals surface area (Å²) in [6.07, 6.45) is 5.46. The van der Waals surface area contributed by atoms with Gasteiger partial charge in [0.1, 0.15) is 11.8 Å². The lowest BCUT2D eigenvalue weighted by Gasteiger charge is -2.31. The van der Waals surface area contributed by atoms with Crippen molar-refractivity contribution in [3.8, 4) is 11.1 Å². The Morgan fingerprint density at radius 2 is 1.93 bits per heavy atom. The third-order valence-electron chi connectivity index (χ3n) is 5.55. The summed E-state index contributed by atoms with van der Waals surface area (Å²) >= 11 is 0. The van der Waals surface area contributed by atoms with Crippen LogP contribution in [-0.4, -0.2) is 42.1 Å². The summed E-state index contributed by atoms with van der Waals surface area (Å²) in [6, 6.07) is 6.14. The number of carbonyl (C=O) groups is 1. The number of fused-ring (bicyclic) bond motifs is 1. The van der Waals surface area contributed by atoms with Crippen LogP contribution in [0.3, 0.4) is 0 Å². The van der Waals surface area contributed by atoms with Crippen LogP contribution in [0, 0.1) is 13.8 Å². The van der Waals surface area contributed by atoms with Crippen LogP contribution in [0.2, 0.25) is 0 Å². The van der Waals surface area contributed by atoms with E-state index in [4.69, 9.17) is 0 Å². The van der Waals surface area contributed by atoms with Crippen LogP contribution in [0.15, 0.2) is 36.2 Å². The van der Waals surface area contributed by atoms with E-state index >= 15 is 0 Å². The molecule has 1 aliphatic heterocycles. The summed E-state index contributed by atoms with van der Waals surface area (Å²) in [5, 5.41) is 9.58. The Morgan fingerprint density at radius 3 is 2.48 bits per heavy atom. The standard InChI is InChI=1S/C23H23N3O3/c1-13-9-15(10-24-22(13)25(3)4)17-7-8-18-20(12-27)19(23(28)29)11-26(16-5-6-16)21(18)14(17)2/h7-11,16H,5-6H2,1-4H3,(H,28,29). The molecule has 148 valence electrons. The molecule has 1 aromatic carbocycles. The van der Waals surface area contributed by atoms with E-state index in [0.717, 1.165) is 46.6 Å². The van der Waals surface area contributed by atoms with Crippen molar-refractivity contribution in [3.63, 3.8) is 0 Å². The van der Waals surface area contributed by atoms with Crippen LogP contribution in [-0.2, 0) is 9.59 Å². The topological polar surface area (TPSA) is 73.7 Å². The minimum absolute atomic E-state index is 0.000558. The number of hydrogen-bond acceptors (Lipinski definition) is 5. The van der Waals surface area contributed by atoms with Gasteiger partial charge in [0, 0.05) is 43.7 Å². The Labute approximate surface area is 169 Å². The lowest BCUT2D eigenvalue weighted by Crippen LogP contribution is -2.27. The normalized spacial score (nSPS) is 15.5. The molecule has 1 N–H and O–H groups in total. The van der Waals surface area contributed by atoms with Gasteiger partial charge in [0.15, 0.2) is 0 Å². The van der Waals surface area contributed by atoms with Crippen molar-refractivity contribution in [2.45, 2.75) is 32.7 Å². The van der Waals surface area contributed by atoms with Gasteiger partial charge in [0.2, 0.25) is 0 Å². The number of hydrogen-bond donors (Lipinski definition) is 1. The zero-order valence-corrected chi connectivity index (χ0v) is 17.0. The quantitative estimate of drug-likeness (QED) is 0.806. The van der Waals surface area contributed by atoms with Gasteiger partial charge >= 0.3 is 5.97 Å². The summed E-state index contributed by atoms with van der Waals surface area (Å²) in [4.78, 5) is 32.0. The van der Waals surface area contributed by atoms with Crippen molar-refractivity contribution in [2.24, 2.45) is 0 Å². The average molecular weight is 389 g/mol. The molecular weight excluding hydrogens is 366 g/mol. The summed E-state index contributed by atoms with van der Waals surface area (Å²) in [6.45, 7) is 4.05. The molecule has 6 nitrogen and oxygen atoms in total. The highest BCUT2D eigenvalue weighted by atomic mass is 16.4. The average Bonchev–Trinajstić information content (AvgIpc) is 3.51. The Bertz CT molecular complexity index is 1110. The van der Waals surface area contributed by atoms with E-state index in [1.165, 1.54) is 0 Å². The second-order valence-corrected chi connectivity index (χ2v) is 7.86. The van der Waals surface area contributed by atoms with Gasteiger partial charge in [-0.3, -0.25) is 0 Å². The number of carboxylic acid groups (broad SMARTS) is 1. The molecule has 0 bridgehead atoms. The van der Waals surface area contributed by atoms with E-state index in [9.17, 15) is 14.7 Å². The molecule has 4 rings (SSSR count). The van der Waals surface area contributed by atoms with Gasteiger partial charge in [0.05, 0.1) is 16.8 Å². The van der Waals surface area contributed by atoms with Crippen LogP contribution >= 0.6 is 0 Å². The molecule has 0 unspecified atom stereocenters. The first-order chi connectivity index (χ1) is 13.8. The Morgan fingerprint density at radius 1 is 1.24 bits per heavy atom. The number of nitrogens with zero attached hydrogens (tertiary/aromatic N) is 3. The third kappa shape index (κ3) is 3.12. The van der Waals surface area contributed by atoms with Crippen LogP contribution < -0.4 is 9.80 Å². The van der Waals surface area contributed by atoms with Crippen LogP contribution in [0.4, 0.5) is 11.5 Å². The van der Waals surface area contributed by atoms with E-state index in [1.54, 1.807) is 6.20 Å². The van der Waals surface area contributed by atoms with Gasteiger partial charge in [-0.2, -0.15) is 0 Å². The fraction of sp³-hybridized carbons (Fsp3) is 0.304. The number of anilines is 2. The van der Waals surface area contributed by atoms with E-state index < -0.39 is 5.97 Å². The fourth-order valence-electron chi connectivity index (χ4n) is 4.06. The minimum Gasteiger partial charge on any atom is -0.478 e. The van der Waals surface area contributed by atoms with Gasteiger partial charge in [-0.25, -0.2) is 14.6 Å². The Balaban J connectivity index is 1.90. The number of aromatic nitrogens is 1. The first-order valence-electron chi connectivity index (χ1n) is 9.60. The van der Waals surface area contributed by atoms with Gasteiger partial charge in [0.25, 0.3) is 0 Å². The predicted octanol–water partition coefficient (Wildman–Crippen LogP) is 3.60. The van der Waals surface area contributed by atoms with Gasteiger partial charge in [-0.15, -0.1) is 0 Å². The molecular formula is C23H23N3O3. The Kier molecular flexibility index (Phi) is 4.52. The molecule has 6 heteroatoms. The van der Waals surface area contributed by atoms with Gasteiger partial charge in [-0.1, -0.05) is 12.1 Å². The van der Waals surface area contributed by atoms with Gasteiger partial charge in [-0.05, 0) is 49.4 Å². The number of benzene rings is 1. The lowest BCUT2D eigenvalue weighted by atomic mass is 9.88. The van der Waals surface area contributed by atoms with Crippen molar-refractivity contribution in [2.75, 3.05) is 23.9 Å². The summed E-state index contributed by atoms with van der Waals surface area (Å²) in [5.41, 5.74) is 5.72. The van der Waals surface area contributed by atoms with Crippen molar-refractivity contribution in [3.05, 3.63) is 52.9 Å². The van der Waals surface area contributed by atoms with E-state index in [0.29, 0.717) is 5.56 Å². The molecule has 0 amide bonds. The second-order valence-electron chi connectivity index (χ2n) is 7.86. The third-order valence-corrected chi connectivity index (χ3v) is 5.55. The van der Waals surface area contributed by atoms with E-state index in [-0.39, 0.29) is 17.2 Å². The SMILES string of the molecule is Cc1cc(-c2ccc3c(c2C)N(C2CC2)C=C(C(=O)O)C3=C=O)cnc1N(C)C. The van der Waals surface area contributed by atoms with E-state index in [1.807, 2.05) is 62.0 Å².